The number of ether oxygens (including phenoxy) is 1. The van der Waals surface area contributed by atoms with E-state index in [1.165, 1.54) is 0 Å². The number of para-hydroxylation sites is 1. The summed E-state index contributed by atoms with van der Waals surface area (Å²) in [6, 6.07) is 16.9. The number of aromatic nitrogens is 2. The molecular weight excluding hydrogens is 362 g/mol. The Balaban J connectivity index is 1.66. The lowest BCUT2D eigenvalue weighted by molar-refractivity contribution is -0.132. The molecule has 0 saturated heterocycles. The Hall–Kier alpha value is -2.79. The molecule has 5 nitrogen and oxygen atoms in total. The van der Waals surface area contributed by atoms with Gasteiger partial charge in [0.2, 0.25) is 0 Å². The molecule has 0 atom stereocenters. The molecule has 6 heteroatoms. The maximum absolute atomic E-state index is 12.4. The van der Waals surface area contributed by atoms with Crippen LogP contribution in [-0.4, -0.2) is 34.2 Å². The summed E-state index contributed by atoms with van der Waals surface area (Å²) in [7, 11) is 1.77. The third-order valence-electron chi connectivity index (χ3n) is 4.44. The Kier molecular flexibility index (Phi) is 5.81. The molecule has 0 fully saturated rings. The normalized spacial score (nSPS) is 10.7. The Labute approximate surface area is 164 Å². The van der Waals surface area contributed by atoms with Crippen LogP contribution >= 0.6 is 11.6 Å². The van der Waals surface area contributed by atoms with Crippen LogP contribution in [0.15, 0.2) is 54.6 Å². The molecule has 140 valence electrons. The monoisotopic (exact) mass is 383 g/mol. The molecule has 0 aliphatic carbocycles. The minimum atomic E-state index is -0.101. The van der Waals surface area contributed by atoms with Gasteiger partial charge in [0.15, 0.2) is 6.61 Å². The lowest BCUT2D eigenvalue weighted by atomic mass is 10.2. The maximum atomic E-state index is 12.4. The van der Waals surface area contributed by atoms with Crippen molar-refractivity contribution in [1.29, 1.82) is 0 Å². The van der Waals surface area contributed by atoms with Crippen LogP contribution in [0, 0.1) is 13.8 Å². The standard InChI is InChI=1S/C21H22ClN3O2/c1-15-20(16(2)25(23-15)18-7-5-4-6-8-18)13-24(3)21(26)14-27-19-11-9-17(22)10-12-19/h4-12H,13-14H2,1-3H3. The molecule has 1 heterocycles. The topological polar surface area (TPSA) is 47.4 Å². The van der Waals surface area contributed by atoms with E-state index >= 15 is 0 Å². The lowest BCUT2D eigenvalue weighted by Crippen LogP contribution is -2.31. The molecule has 2 aromatic carbocycles. The summed E-state index contributed by atoms with van der Waals surface area (Å²) >= 11 is 5.85. The number of likely N-dealkylation sites (N-methyl/N-ethyl adjacent to an activating group) is 1. The first kappa shape index (κ1) is 19.0. The van der Waals surface area contributed by atoms with Crippen molar-refractivity contribution in [1.82, 2.24) is 14.7 Å². The molecule has 0 aliphatic rings. The molecule has 0 N–H and O–H groups in total. The predicted octanol–water partition coefficient (Wildman–Crippen LogP) is 4.18. The van der Waals surface area contributed by atoms with Crippen LogP contribution in [0.4, 0.5) is 0 Å². The zero-order valence-corrected chi connectivity index (χ0v) is 16.4. The summed E-state index contributed by atoms with van der Waals surface area (Å²) in [4.78, 5) is 14.1. The summed E-state index contributed by atoms with van der Waals surface area (Å²) in [6.45, 7) is 4.44. The van der Waals surface area contributed by atoms with Crippen LogP contribution in [0.1, 0.15) is 17.0 Å². The van der Waals surface area contributed by atoms with Crippen LogP contribution in [0.25, 0.3) is 5.69 Å². The van der Waals surface area contributed by atoms with E-state index in [1.54, 1.807) is 36.2 Å². The van der Waals surface area contributed by atoms with Gasteiger partial charge in [-0.3, -0.25) is 4.79 Å². The minimum Gasteiger partial charge on any atom is -0.484 e. The molecule has 0 aliphatic heterocycles. The summed E-state index contributed by atoms with van der Waals surface area (Å²) in [5.41, 5.74) is 3.98. The van der Waals surface area contributed by atoms with Gasteiger partial charge in [-0.15, -0.1) is 0 Å². The molecule has 27 heavy (non-hydrogen) atoms. The average Bonchev–Trinajstić information content (AvgIpc) is 2.96. The van der Waals surface area contributed by atoms with Gasteiger partial charge in [0.05, 0.1) is 11.4 Å². The van der Waals surface area contributed by atoms with E-state index in [4.69, 9.17) is 16.3 Å². The van der Waals surface area contributed by atoms with E-state index in [0.29, 0.717) is 17.3 Å². The second-order valence-corrected chi connectivity index (χ2v) is 6.83. The number of halogens is 1. The van der Waals surface area contributed by atoms with Crippen LogP contribution in [0.5, 0.6) is 5.75 Å². The Morgan fingerprint density at radius 1 is 1.11 bits per heavy atom. The first-order chi connectivity index (χ1) is 13.0. The summed E-state index contributed by atoms with van der Waals surface area (Å²) in [5.74, 6) is 0.515. The van der Waals surface area contributed by atoms with Crippen molar-refractivity contribution in [2.24, 2.45) is 0 Å². The van der Waals surface area contributed by atoms with Gasteiger partial charge in [-0.1, -0.05) is 29.8 Å². The molecule has 0 saturated carbocycles. The van der Waals surface area contributed by atoms with Crippen molar-refractivity contribution in [2.45, 2.75) is 20.4 Å². The van der Waals surface area contributed by atoms with Crippen molar-refractivity contribution >= 4 is 17.5 Å². The number of carbonyl (C=O) groups excluding carboxylic acids is 1. The molecular formula is C21H22ClN3O2. The first-order valence-electron chi connectivity index (χ1n) is 8.68. The zero-order valence-electron chi connectivity index (χ0n) is 15.6. The third-order valence-corrected chi connectivity index (χ3v) is 4.69. The number of carbonyl (C=O) groups is 1. The quantitative estimate of drug-likeness (QED) is 0.641. The molecule has 1 amide bonds. The SMILES string of the molecule is Cc1nn(-c2ccccc2)c(C)c1CN(C)C(=O)COc1ccc(Cl)cc1. The summed E-state index contributed by atoms with van der Waals surface area (Å²) in [6.07, 6.45) is 0. The van der Waals surface area contributed by atoms with E-state index in [1.807, 2.05) is 48.9 Å². The van der Waals surface area contributed by atoms with E-state index < -0.39 is 0 Å². The number of aryl methyl sites for hydroxylation is 1. The van der Waals surface area contributed by atoms with Gasteiger partial charge in [0.1, 0.15) is 5.75 Å². The van der Waals surface area contributed by atoms with Gasteiger partial charge in [-0.05, 0) is 50.2 Å². The van der Waals surface area contributed by atoms with Crippen LogP contribution in [-0.2, 0) is 11.3 Å². The highest BCUT2D eigenvalue weighted by Gasteiger charge is 2.17. The minimum absolute atomic E-state index is 0.0248. The van der Waals surface area contributed by atoms with Crippen molar-refractivity contribution in [2.75, 3.05) is 13.7 Å². The molecule has 0 unspecified atom stereocenters. The fourth-order valence-electron chi connectivity index (χ4n) is 2.84. The van der Waals surface area contributed by atoms with Crippen molar-refractivity contribution < 1.29 is 9.53 Å². The second kappa shape index (κ2) is 8.27. The lowest BCUT2D eigenvalue weighted by Gasteiger charge is -2.18. The molecule has 0 spiro atoms. The average molecular weight is 384 g/mol. The van der Waals surface area contributed by atoms with Gasteiger partial charge >= 0.3 is 0 Å². The zero-order chi connectivity index (χ0) is 19.4. The maximum Gasteiger partial charge on any atom is 0.260 e. The van der Waals surface area contributed by atoms with Crippen molar-refractivity contribution in [3.8, 4) is 11.4 Å². The van der Waals surface area contributed by atoms with Crippen molar-refractivity contribution in [3.63, 3.8) is 0 Å². The molecule has 3 rings (SSSR count). The molecule has 0 bridgehead atoms. The number of hydrogen-bond donors (Lipinski definition) is 0. The van der Waals surface area contributed by atoms with E-state index in [-0.39, 0.29) is 12.5 Å². The van der Waals surface area contributed by atoms with Gasteiger partial charge in [-0.2, -0.15) is 5.10 Å². The largest absolute Gasteiger partial charge is 0.484 e. The fraction of sp³-hybridized carbons (Fsp3) is 0.238. The van der Waals surface area contributed by atoms with Crippen LogP contribution in [0.3, 0.4) is 0 Å². The van der Waals surface area contributed by atoms with Crippen LogP contribution in [0.2, 0.25) is 5.02 Å². The number of amides is 1. The number of rotatable bonds is 6. The molecule has 0 radical (unpaired) electrons. The highest BCUT2D eigenvalue weighted by Crippen LogP contribution is 2.20. The molecule has 1 aromatic heterocycles. The number of nitrogens with zero attached hydrogens (tertiary/aromatic N) is 3. The van der Waals surface area contributed by atoms with E-state index in [2.05, 4.69) is 5.10 Å². The van der Waals surface area contributed by atoms with Gasteiger partial charge < -0.3 is 9.64 Å². The second-order valence-electron chi connectivity index (χ2n) is 6.39. The number of hydrogen-bond acceptors (Lipinski definition) is 3. The molecule has 3 aromatic rings. The summed E-state index contributed by atoms with van der Waals surface area (Å²) < 4.78 is 7.46. The summed E-state index contributed by atoms with van der Waals surface area (Å²) in [5, 5.41) is 5.26. The van der Waals surface area contributed by atoms with Crippen molar-refractivity contribution in [3.05, 3.63) is 76.6 Å². The third kappa shape index (κ3) is 4.49. The Morgan fingerprint density at radius 3 is 2.44 bits per heavy atom. The highest BCUT2D eigenvalue weighted by molar-refractivity contribution is 6.30. The predicted molar refractivity (Wildman–Crippen MR) is 106 cm³/mol. The van der Waals surface area contributed by atoms with E-state index in [0.717, 1.165) is 22.6 Å². The number of benzene rings is 2. The first-order valence-corrected chi connectivity index (χ1v) is 9.06. The smallest absolute Gasteiger partial charge is 0.260 e. The van der Waals surface area contributed by atoms with Gasteiger partial charge in [0, 0.05) is 29.9 Å². The van der Waals surface area contributed by atoms with Gasteiger partial charge in [-0.25, -0.2) is 4.68 Å². The van der Waals surface area contributed by atoms with Gasteiger partial charge in [0.25, 0.3) is 5.91 Å². The highest BCUT2D eigenvalue weighted by atomic mass is 35.5. The Bertz CT molecular complexity index is 921. The van der Waals surface area contributed by atoms with Crippen LogP contribution < -0.4 is 4.74 Å². The fourth-order valence-corrected chi connectivity index (χ4v) is 2.96. The Morgan fingerprint density at radius 2 is 1.78 bits per heavy atom. The van der Waals surface area contributed by atoms with E-state index in [9.17, 15) is 4.79 Å².